The summed E-state index contributed by atoms with van der Waals surface area (Å²) in [6, 6.07) is 1.74. The SMILES string of the molecule is CCNc1nc(-c2cc(OC)ncn2)nc(C(C)C)c1I. The van der Waals surface area contributed by atoms with E-state index in [1.165, 1.54) is 6.33 Å². The van der Waals surface area contributed by atoms with Gasteiger partial charge in [0.25, 0.3) is 0 Å². The van der Waals surface area contributed by atoms with Gasteiger partial charge in [-0.3, -0.25) is 0 Å². The van der Waals surface area contributed by atoms with Gasteiger partial charge in [-0.1, -0.05) is 13.8 Å². The molecule has 0 fully saturated rings. The second-order valence-corrected chi connectivity index (χ2v) is 5.80. The molecule has 0 saturated carbocycles. The minimum absolute atomic E-state index is 0.305. The van der Waals surface area contributed by atoms with E-state index < -0.39 is 0 Å². The summed E-state index contributed by atoms with van der Waals surface area (Å²) in [5, 5.41) is 3.28. The molecule has 7 heteroatoms. The first-order chi connectivity index (χ1) is 10.1. The fraction of sp³-hybridized carbons (Fsp3) is 0.429. The molecule has 0 spiro atoms. The average molecular weight is 399 g/mol. The third kappa shape index (κ3) is 3.58. The molecule has 2 aromatic rings. The molecule has 2 heterocycles. The summed E-state index contributed by atoms with van der Waals surface area (Å²) in [4.78, 5) is 17.5. The number of anilines is 1. The molecular weight excluding hydrogens is 381 g/mol. The number of methoxy groups -OCH3 is 1. The molecule has 0 radical (unpaired) electrons. The van der Waals surface area contributed by atoms with Crippen molar-refractivity contribution in [3.05, 3.63) is 21.7 Å². The van der Waals surface area contributed by atoms with Crippen LogP contribution in [0.15, 0.2) is 12.4 Å². The molecule has 0 saturated heterocycles. The van der Waals surface area contributed by atoms with Crippen LogP contribution in [0.5, 0.6) is 5.88 Å². The maximum atomic E-state index is 5.13. The van der Waals surface area contributed by atoms with Crippen LogP contribution in [-0.4, -0.2) is 33.6 Å². The Bertz CT molecular complexity index is 633. The van der Waals surface area contributed by atoms with Gasteiger partial charge in [-0.25, -0.2) is 19.9 Å². The molecule has 2 aromatic heterocycles. The highest BCUT2D eigenvalue weighted by Gasteiger charge is 2.16. The highest BCUT2D eigenvalue weighted by atomic mass is 127. The van der Waals surface area contributed by atoms with Gasteiger partial charge < -0.3 is 10.1 Å². The molecule has 6 nitrogen and oxygen atoms in total. The zero-order chi connectivity index (χ0) is 15.4. The fourth-order valence-electron chi connectivity index (χ4n) is 1.82. The smallest absolute Gasteiger partial charge is 0.216 e. The van der Waals surface area contributed by atoms with Crippen molar-refractivity contribution < 1.29 is 4.74 Å². The first-order valence-corrected chi connectivity index (χ1v) is 7.82. The molecule has 0 aromatic carbocycles. The van der Waals surface area contributed by atoms with E-state index in [0.717, 1.165) is 21.6 Å². The summed E-state index contributed by atoms with van der Waals surface area (Å²) in [6.07, 6.45) is 1.46. The van der Waals surface area contributed by atoms with Gasteiger partial charge >= 0.3 is 0 Å². The van der Waals surface area contributed by atoms with Crippen LogP contribution in [0.25, 0.3) is 11.5 Å². The molecule has 1 N–H and O–H groups in total. The summed E-state index contributed by atoms with van der Waals surface area (Å²) in [5.41, 5.74) is 1.66. The van der Waals surface area contributed by atoms with Gasteiger partial charge in [0.1, 0.15) is 17.8 Å². The highest BCUT2D eigenvalue weighted by Crippen LogP contribution is 2.28. The van der Waals surface area contributed by atoms with Crippen LogP contribution in [0.3, 0.4) is 0 Å². The number of halogens is 1. The number of ether oxygens (including phenoxy) is 1. The van der Waals surface area contributed by atoms with E-state index in [4.69, 9.17) is 4.74 Å². The number of nitrogens with zero attached hydrogens (tertiary/aromatic N) is 4. The Morgan fingerprint density at radius 3 is 2.67 bits per heavy atom. The van der Waals surface area contributed by atoms with E-state index in [2.05, 4.69) is 61.7 Å². The largest absolute Gasteiger partial charge is 0.481 e. The molecule has 112 valence electrons. The molecule has 0 atom stereocenters. The summed E-state index contributed by atoms with van der Waals surface area (Å²) in [7, 11) is 1.57. The second-order valence-electron chi connectivity index (χ2n) is 4.73. The molecule has 0 aliphatic rings. The number of hydrogen-bond acceptors (Lipinski definition) is 6. The Morgan fingerprint density at radius 1 is 1.29 bits per heavy atom. The maximum absolute atomic E-state index is 5.13. The van der Waals surface area contributed by atoms with E-state index >= 15 is 0 Å². The van der Waals surface area contributed by atoms with Crippen LogP contribution in [0.4, 0.5) is 5.82 Å². The summed E-state index contributed by atoms with van der Waals surface area (Å²) in [6.45, 7) is 7.08. The number of hydrogen-bond donors (Lipinski definition) is 1. The zero-order valence-corrected chi connectivity index (χ0v) is 14.7. The van der Waals surface area contributed by atoms with Gasteiger partial charge in [-0.15, -0.1) is 0 Å². The molecule has 0 bridgehead atoms. The van der Waals surface area contributed by atoms with Crippen molar-refractivity contribution in [2.45, 2.75) is 26.7 Å². The summed E-state index contributed by atoms with van der Waals surface area (Å²) >= 11 is 2.28. The predicted octanol–water partition coefficient (Wildman–Crippen LogP) is 3.10. The third-order valence-corrected chi connectivity index (χ3v) is 3.91. The number of aromatic nitrogens is 4. The quantitative estimate of drug-likeness (QED) is 0.780. The predicted molar refractivity (Wildman–Crippen MR) is 90.6 cm³/mol. The zero-order valence-electron chi connectivity index (χ0n) is 12.5. The topological polar surface area (TPSA) is 72.8 Å². The summed E-state index contributed by atoms with van der Waals surface area (Å²) < 4.78 is 6.18. The van der Waals surface area contributed by atoms with Crippen LogP contribution < -0.4 is 10.1 Å². The Balaban J connectivity index is 2.56. The standard InChI is InChI=1S/C14H18IN5O/c1-5-16-14-11(15)12(8(2)3)19-13(20-14)9-6-10(21-4)18-7-17-9/h6-8H,5H2,1-4H3,(H,16,19,20). The average Bonchev–Trinajstić information content (AvgIpc) is 2.49. The van der Waals surface area contributed by atoms with E-state index in [-0.39, 0.29) is 0 Å². The van der Waals surface area contributed by atoms with Gasteiger partial charge in [0, 0.05) is 12.6 Å². The van der Waals surface area contributed by atoms with Crippen molar-refractivity contribution in [3.8, 4) is 17.4 Å². The minimum Gasteiger partial charge on any atom is -0.481 e. The van der Waals surface area contributed by atoms with Crippen LogP contribution in [0, 0.1) is 3.57 Å². The molecule has 0 aliphatic heterocycles. The number of nitrogens with one attached hydrogen (secondary N) is 1. The van der Waals surface area contributed by atoms with Crippen LogP contribution in [0.2, 0.25) is 0 Å². The van der Waals surface area contributed by atoms with Crippen LogP contribution >= 0.6 is 22.6 Å². The molecule has 2 rings (SSSR count). The van der Waals surface area contributed by atoms with E-state index in [1.54, 1.807) is 13.2 Å². The highest BCUT2D eigenvalue weighted by molar-refractivity contribution is 14.1. The lowest BCUT2D eigenvalue weighted by Crippen LogP contribution is -2.09. The molecule has 21 heavy (non-hydrogen) atoms. The maximum Gasteiger partial charge on any atom is 0.216 e. The monoisotopic (exact) mass is 399 g/mol. The Kier molecular flexibility index (Phi) is 5.27. The first kappa shape index (κ1) is 15.9. The van der Waals surface area contributed by atoms with Gasteiger partial charge in [0.2, 0.25) is 5.88 Å². The van der Waals surface area contributed by atoms with Gasteiger partial charge in [-0.05, 0) is 35.4 Å². The van der Waals surface area contributed by atoms with Gasteiger partial charge in [-0.2, -0.15) is 0 Å². The van der Waals surface area contributed by atoms with E-state index in [9.17, 15) is 0 Å². The third-order valence-electron chi connectivity index (χ3n) is 2.85. The summed E-state index contributed by atoms with van der Waals surface area (Å²) in [5.74, 6) is 2.22. The fourth-order valence-corrected chi connectivity index (χ4v) is 2.87. The lowest BCUT2D eigenvalue weighted by atomic mass is 10.1. The Labute approximate surface area is 137 Å². The van der Waals surface area contributed by atoms with Crippen molar-refractivity contribution >= 4 is 28.4 Å². The molecule has 0 amide bonds. The Hall–Kier alpha value is -1.51. The van der Waals surface area contributed by atoms with Crippen molar-refractivity contribution in [3.63, 3.8) is 0 Å². The van der Waals surface area contributed by atoms with Gasteiger partial charge in [0.15, 0.2) is 5.82 Å². The lowest BCUT2D eigenvalue weighted by molar-refractivity contribution is 0.397. The first-order valence-electron chi connectivity index (χ1n) is 6.74. The normalized spacial score (nSPS) is 10.8. The van der Waals surface area contributed by atoms with Crippen LogP contribution in [0.1, 0.15) is 32.4 Å². The van der Waals surface area contributed by atoms with Gasteiger partial charge in [0.05, 0.1) is 16.4 Å². The second kappa shape index (κ2) is 6.97. The van der Waals surface area contributed by atoms with E-state index in [0.29, 0.717) is 23.3 Å². The number of rotatable bonds is 5. The van der Waals surface area contributed by atoms with Crippen molar-refractivity contribution in [2.75, 3.05) is 19.0 Å². The van der Waals surface area contributed by atoms with Crippen LogP contribution in [-0.2, 0) is 0 Å². The van der Waals surface area contributed by atoms with Crippen molar-refractivity contribution in [2.24, 2.45) is 0 Å². The Morgan fingerprint density at radius 2 is 2.05 bits per heavy atom. The molecule has 0 aliphatic carbocycles. The van der Waals surface area contributed by atoms with Crippen molar-refractivity contribution in [1.82, 2.24) is 19.9 Å². The molecule has 0 unspecified atom stereocenters. The lowest BCUT2D eigenvalue weighted by Gasteiger charge is -2.14. The molecular formula is C14H18IN5O. The minimum atomic E-state index is 0.305. The van der Waals surface area contributed by atoms with E-state index in [1.807, 2.05) is 6.92 Å². The van der Waals surface area contributed by atoms with Crippen molar-refractivity contribution in [1.29, 1.82) is 0 Å².